The Balaban J connectivity index is 2.26. The molecule has 1 aromatic carbocycles. The van der Waals surface area contributed by atoms with Gasteiger partial charge in [-0.1, -0.05) is 32.9 Å². The Labute approximate surface area is 123 Å². The minimum Gasteiger partial charge on any atom is -0.434 e. The highest BCUT2D eigenvalue weighted by Gasteiger charge is 2.23. The van der Waals surface area contributed by atoms with Crippen LogP contribution in [0.2, 0.25) is 0 Å². The predicted molar refractivity (Wildman–Crippen MR) is 79.7 cm³/mol. The summed E-state index contributed by atoms with van der Waals surface area (Å²) in [6.45, 7) is 6.49. The fraction of sp³-hybridized carbons (Fsp3) is 0.400. The van der Waals surface area contributed by atoms with Gasteiger partial charge in [-0.25, -0.2) is 0 Å². The number of hydrogen-bond donors (Lipinski definition) is 0. The Kier molecular flexibility index (Phi) is 3.97. The molecule has 0 saturated heterocycles. The summed E-state index contributed by atoms with van der Waals surface area (Å²) in [6, 6.07) is 7.62. The van der Waals surface area contributed by atoms with Crippen LogP contribution in [-0.2, 0) is 12.5 Å². The lowest BCUT2D eigenvalue weighted by atomic mass is 9.82. The molecule has 2 rings (SSSR count). The first-order valence-electron chi connectivity index (χ1n) is 6.79. The van der Waals surface area contributed by atoms with Crippen LogP contribution in [0.25, 0.3) is 0 Å². The number of aryl methyl sites for hydroxylation is 1. The Morgan fingerprint density at radius 3 is 2.48 bits per heavy atom. The van der Waals surface area contributed by atoms with Crippen LogP contribution in [-0.4, -0.2) is 14.5 Å². The zero-order valence-electron chi connectivity index (χ0n) is 12.7. The molecule has 0 radical (unpaired) electrons. The molecule has 0 amide bonds. The molecule has 0 N–H and O–H groups in total. The van der Waals surface area contributed by atoms with Crippen molar-refractivity contribution in [3.8, 4) is 11.6 Å². The number of hydrogen-bond acceptors (Lipinski definition) is 4. The number of rotatable bonds is 5. The van der Waals surface area contributed by atoms with Crippen LogP contribution in [0.1, 0.15) is 32.8 Å². The van der Waals surface area contributed by atoms with Crippen LogP contribution in [0.5, 0.6) is 11.6 Å². The molecule has 112 valence electrons. The molecule has 0 spiro atoms. The van der Waals surface area contributed by atoms with Gasteiger partial charge in [-0.15, -0.1) is 0 Å². The highest BCUT2D eigenvalue weighted by molar-refractivity contribution is 5.39. The Bertz CT molecular complexity index is 645. The van der Waals surface area contributed by atoms with Gasteiger partial charge in [-0.3, -0.25) is 4.57 Å². The van der Waals surface area contributed by atoms with Gasteiger partial charge >= 0.3 is 11.7 Å². The van der Waals surface area contributed by atoms with E-state index in [9.17, 15) is 10.1 Å². The van der Waals surface area contributed by atoms with Crippen LogP contribution in [0, 0.1) is 10.1 Å². The summed E-state index contributed by atoms with van der Waals surface area (Å²) in [4.78, 5) is 14.1. The number of nitro groups is 1. The topological polar surface area (TPSA) is 70.2 Å². The van der Waals surface area contributed by atoms with Crippen molar-refractivity contribution in [3.63, 3.8) is 0 Å². The van der Waals surface area contributed by atoms with Crippen LogP contribution >= 0.6 is 0 Å². The lowest BCUT2D eigenvalue weighted by molar-refractivity contribution is -0.390. The summed E-state index contributed by atoms with van der Waals surface area (Å²) in [7, 11) is 1.66. The van der Waals surface area contributed by atoms with Gasteiger partial charge in [-0.05, 0) is 39.4 Å². The second-order valence-electron chi connectivity index (χ2n) is 5.61. The van der Waals surface area contributed by atoms with Crippen molar-refractivity contribution in [1.29, 1.82) is 0 Å². The monoisotopic (exact) mass is 289 g/mol. The number of aromatic nitrogens is 2. The van der Waals surface area contributed by atoms with Crippen molar-refractivity contribution in [1.82, 2.24) is 9.55 Å². The molecule has 0 aliphatic carbocycles. The molecule has 6 nitrogen and oxygen atoms in total. The van der Waals surface area contributed by atoms with E-state index < -0.39 is 4.92 Å². The molecule has 0 fully saturated rings. The molecule has 0 unspecified atom stereocenters. The molecule has 1 heterocycles. The first kappa shape index (κ1) is 15.0. The fourth-order valence-corrected chi connectivity index (χ4v) is 1.94. The maximum atomic E-state index is 10.9. The minimum absolute atomic E-state index is 0.0943. The van der Waals surface area contributed by atoms with E-state index >= 15 is 0 Å². The third kappa shape index (κ3) is 3.04. The van der Waals surface area contributed by atoms with E-state index in [1.54, 1.807) is 7.05 Å². The van der Waals surface area contributed by atoms with Crippen molar-refractivity contribution >= 4 is 5.82 Å². The van der Waals surface area contributed by atoms with Crippen molar-refractivity contribution in [2.45, 2.75) is 32.6 Å². The predicted octanol–water partition coefficient (Wildman–Crippen LogP) is 3.81. The van der Waals surface area contributed by atoms with E-state index in [1.165, 1.54) is 16.5 Å². The number of ether oxygens (including phenoxy) is 1. The summed E-state index contributed by atoms with van der Waals surface area (Å²) in [5.74, 6) is 0.398. The van der Waals surface area contributed by atoms with Gasteiger partial charge in [0.1, 0.15) is 5.75 Å². The standard InChI is InChI=1S/C15H19N3O3/c1-5-15(2,3)11-6-8-12(9-7-11)21-14-13(18(19)20)16-10-17(14)4/h6-10H,5H2,1-4H3. The van der Waals surface area contributed by atoms with Crippen LogP contribution in [0.15, 0.2) is 30.6 Å². The van der Waals surface area contributed by atoms with Gasteiger partial charge in [0.15, 0.2) is 0 Å². The van der Waals surface area contributed by atoms with E-state index in [0.29, 0.717) is 5.75 Å². The van der Waals surface area contributed by atoms with E-state index in [0.717, 1.165) is 6.42 Å². The van der Waals surface area contributed by atoms with Crippen molar-refractivity contribution < 1.29 is 9.66 Å². The summed E-state index contributed by atoms with van der Waals surface area (Å²) in [5.41, 5.74) is 1.30. The normalized spacial score (nSPS) is 11.4. The van der Waals surface area contributed by atoms with Gasteiger partial charge in [0.05, 0.1) is 0 Å². The summed E-state index contributed by atoms with van der Waals surface area (Å²) < 4.78 is 7.09. The second-order valence-corrected chi connectivity index (χ2v) is 5.61. The first-order chi connectivity index (χ1) is 9.85. The van der Waals surface area contributed by atoms with E-state index in [1.807, 2.05) is 24.3 Å². The molecular weight excluding hydrogens is 270 g/mol. The molecular formula is C15H19N3O3. The smallest absolute Gasteiger partial charge is 0.427 e. The first-order valence-corrected chi connectivity index (χ1v) is 6.79. The Hall–Kier alpha value is -2.37. The maximum Gasteiger partial charge on any atom is 0.427 e. The summed E-state index contributed by atoms with van der Waals surface area (Å²) in [6.07, 6.45) is 2.39. The van der Waals surface area contributed by atoms with E-state index in [-0.39, 0.29) is 17.1 Å². The molecule has 1 aromatic heterocycles. The fourth-order valence-electron chi connectivity index (χ4n) is 1.94. The van der Waals surface area contributed by atoms with Crippen molar-refractivity contribution in [3.05, 3.63) is 46.3 Å². The summed E-state index contributed by atoms with van der Waals surface area (Å²) in [5, 5.41) is 10.9. The number of benzene rings is 1. The SMILES string of the molecule is CCC(C)(C)c1ccc(Oc2c([N+](=O)[O-])ncn2C)cc1. The lowest BCUT2D eigenvalue weighted by Gasteiger charge is -2.23. The van der Waals surface area contributed by atoms with Crippen LogP contribution in [0.4, 0.5) is 5.82 Å². The number of nitrogens with zero attached hydrogens (tertiary/aromatic N) is 3. The average Bonchev–Trinajstić information content (AvgIpc) is 2.81. The maximum absolute atomic E-state index is 10.9. The van der Waals surface area contributed by atoms with Gasteiger partial charge < -0.3 is 14.9 Å². The van der Waals surface area contributed by atoms with Gasteiger partial charge in [0.25, 0.3) is 0 Å². The molecule has 0 aliphatic heterocycles. The Morgan fingerprint density at radius 1 is 1.33 bits per heavy atom. The van der Waals surface area contributed by atoms with Gasteiger partial charge in [0, 0.05) is 7.05 Å². The summed E-state index contributed by atoms with van der Waals surface area (Å²) >= 11 is 0. The largest absolute Gasteiger partial charge is 0.434 e. The Morgan fingerprint density at radius 2 is 1.95 bits per heavy atom. The zero-order chi connectivity index (χ0) is 15.6. The second kappa shape index (κ2) is 5.55. The van der Waals surface area contributed by atoms with Crippen LogP contribution in [0.3, 0.4) is 0 Å². The average molecular weight is 289 g/mol. The molecule has 0 atom stereocenters. The van der Waals surface area contributed by atoms with Gasteiger partial charge in [0.2, 0.25) is 6.33 Å². The molecule has 21 heavy (non-hydrogen) atoms. The highest BCUT2D eigenvalue weighted by Crippen LogP contribution is 2.32. The molecule has 2 aromatic rings. The molecule has 6 heteroatoms. The highest BCUT2D eigenvalue weighted by atomic mass is 16.6. The quantitative estimate of drug-likeness (QED) is 0.620. The molecule has 0 saturated carbocycles. The van der Waals surface area contributed by atoms with E-state index in [4.69, 9.17) is 4.74 Å². The lowest BCUT2D eigenvalue weighted by Crippen LogP contribution is -2.14. The molecule has 0 bridgehead atoms. The minimum atomic E-state index is -0.552. The molecule has 0 aliphatic rings. The van der Waals surface area contributed by atoms with Gasteiger partial charge in [-0.2, -0.15) is 0 Å². The third-order valence-electron chi connectivity index (χ3n) is 3.77. The zero-order valence-corrected chi connectivity index (χ0v) is 12.7. The third-order valence-corrected chi connectivity index (χ3v) is 3.77. The van der Waals surface area contributed by atoms with E-state index in [2.05, 4.69) is 25.8 Å². The van der Waals surface area contributed by atoms with Crippen LogP contribution < -0.4 is 4.74 Å². The van der Waals surface area contributed by atoms with Crippen molar-refractivity contribution in [2.24, 2.45) is 7.05 Å². The van der Waals surface area contributed by atoms with Crippen molar-refractivity contribution in [2.75, 3.05) is 0 Å². The number of imidazole rings is 1.